The van der Waals surface area contributed by atoms with Gasteiger partial charge in [0, 0.05) is 47.1 Å². The van der Waals surface area contributed by atoms with Crippen LogP contribution in [0, 0.1) is 0 Å². The third-order valence-electron chi connectivity index (χ3n) is 6.64. The molecule has 1 fully saturated rings. The van der Waals surface area contributed by atoms with Crippen LogP contribution < -0.4 is 20.8 Å². The first kappa shape index (κ1) is 28.9. The number of nitrogens with zero attached hydrogens (tertiary/aromatic N) is 3. The molecule has 0 bridgehead atoms. The van der Waals surface area contributed by atoms with Gasteiger partial charge in [0.25, 0.3) is 5.78 Å². The molecule has 5 rings (SSSR count). The Balaban J connectivity index is 1.32. The first-order valence-corrected chi connectivity index (χ1v) is 15.3. The van der Waals surface area contributed by atoms with Crippen LogP contribution in [0.15, 0.2) is 79.0 Å². The zero-order valence-corrected chi connectivity index (χ0v) is 23.7. The zero-order chi connectivity index (χ0) is 29.2. The predicted octanol–water partition coefficient (Wildman–Crippen LogP) is 7.52. The molecule has 0 amide bonds. The van der Waals surface area contributed by atoms with Gasteiger partial charge >= 0.3 is 6.18 Å². The van der Waals surface area contributed by atoms with Gasteiger partial charge in [0.1, 0.15) is 12.2 Å². The second-order valence-corrected chi connectivity index (χ2v) is 13.4. The highest BCUT2D eigenvalue weighted by molar-refractivity contribution is 7.71. The molecule has 1 aromatic heterocycles. The van der Waals surface area contributed by atoms with Crippen molar-refractivity contribution < 1.29 is 22.5 Å². The Morgan fingerprint density at radius 3 is 2.37 bits per heavy atom. The van der Waals surface area contributed by atoms with Gasteiger partial charge in [-0.05, 0) is 36.4 Å². The van der Waals surface area contributed by atoms with E-state index < -0.39 is 24.7 Å². The third-order valence-corrected chi connectivity index (χ3v) is 10.2. The van der Waals surface area contributed by atoms with Crippen LogP contribution in [-0.2, 0) is 4.57 Å². The number of Topliss-reactive ketones (excluding diaryl/α,β-unsaturated/α-hetero) is 1. The van der Waals surface area contributed by atoms with Crippen molar-refractivity contribution in [1.82, 2.24) is 9.97 Å². The van der Waals surface area contributed by atoms with Gasteiger partial charge in [0.05, 0.1) is 17.4 Å². The van der Waals surface area contributed by atoms with Gasteiger partial charge < -0.3 is 20.1 Å². The number of rotatable bonds is 7. The molecule has 2 N–H and O–H groups in total. The smallest absolute Gasteiger partial charge is 0.371 e. The quantitative estimate of drug-likeness (QED) is 0.163. The van der Waals surface area contributed by atoms with Crippen molar-refractivity contribution in [2.24, 2.45) is 0 Å². The number of ketones is 1. The van der Waals surface area contributed by atoms with Gasteiger partial charge in [-0.3, -0.25) is 4.79 Å². The average Bonchev–Trinajstić information content (AvgIpc) is 2.96. The summed E-state index contributed by atoms with van der Waals surface area (Å²) in [5, 5.41) is 6.68. The van der Waals surface area contributed by atoms with Crippen LogP contribution in [0.25, 0.3) is 0 Å². The highest BCUT2D eigenvalue weighted by Crippen LogP contribution is 2.46. The minimum atomic E-state index is -5.10. The van der Waals surface area contributed by atoms with Gasteiger partial charge in [-0.1, -0.05) is 59.6 Å². The van der Waals surface area contributed by atoms with E-state index in [2.05, 4.69) is 25.5 Å². The van der Waals surface area contributed by atoms with Crippen LogP contribution in [0.2, 0.25) is 10.0 Å². The van der Waals surface area contributed by atoms with E-state index in [1.165, 1.54) is 18.3 Å². The summed E-state index contributed by atoms with van der Waals surface area (Å²) < 4.78 is 52.9. The van der Waals surface area contributed by atoms with Crippen LogP contribution in [-0.4, -0.2) is 47.3 Å². The number of hydrogen-bond donors (Lipinski definition) is 2. The standard InChI is InChI=1S/C28H23Cl2F3N5O2P/c29-18-9-10-24(22(15-18)25(39)28(31,32)33)36-26-23(30)17-34-27(37-26)35-19-5-4-6-20(16-19)38-11-13-41(40,14-12-38)21-7-2-1-3-8-21/h1-10,15-17H,11-14H2,(H2,34,35,36,37). The Kier molecular flexibility index (Phi) is 8.27. The van der Waals surface area contributed by atoms with Crippen LogP contribution >= 0.6 is 30.3 Å². The van der Waals surface area contributed by atoms with Crippen molar-refractivity contribution in [3.63, 3.8) is 0 Å². The van der Waals surface area contributed by atoms with Gasteiger partial charge in [0.2, 0.25) is 5.95 Å². The topological polar surface area (TPSA) is 87.2 Å². The van der Waals surface area contributed by atoms with Crippen molar-refractivity contribution in [3.8, 4) is 0 Å². The van der Waals surface area contributed by atoms with E-state index in [9.17, 15) is 22.5 Å². The van der Waals surface area contributed by atoms with E-state index in [0.29, 0.717) is 31.1 Å². The van der Waals surface area contributed by atoms with Gasteiger partial charge in [0.15, 0.2) is 5.82 Å². The molecule has 0 atom stereocenters. The number of aromatic nitrogens is 2. The van der Waals surface area contributed by atoms with Crippen LogP contribution in [0.5, 0.6) is 0 Å². The summed E-state index contributed by atoms with van der Waals surface area (Å²) in [4.78, 5) is 22.6. The van der Waals surface area contributed by atoms with Crippen LogP contribution in [0.4, 0.5) is 42.0 Å². The largest absolute Gasteiger partial charge is 0.454 e. The number of hydrogen-bond acceptors (Lipinski definition) is 7. The zero-order valence-electron chi connectivity index (χ0n) is 21.3. The minimum Gasteiger partial charge on any atom is -0.371 e. The second-order valence-electron chi connectivity index (χ2n) is 9.37. The Morgan fingerprint density at radius 2 is 1.66 bits per heavy atom. The molecule has 1 aliphatic heterocycles. The van der Waals surface area contributed by atoms with Gasteiger partial charge in [-0.25, -0.2) is 4.98 Å². The summed E-state index contributed by atoms with van der Waals surface area (Å²) in [5.41, 5.74) is 0.758. The fourth-order valence-corrected chi connectivity index (χ4v) is 7.42. The fraction of sp³-hybridized carbons (Fsp3) is 0.179. The lowest BCUT2D eigenvalue weighted by Gasteiger charge is -2.34. The lowest BCUT2D eigenvalue weighted by atomic mass is 10.1. The average molecular weight is 620 g/mol. The Bertz CT molecular complexity index is 1630. The second kappa shape index (κ2) is 11.7. The van der Waals surface area contributed by atoms with E-state index in [1.807, 2.05) is 54.6 Å². The van der Waals surface area contributed by atoms with Gasteiger partial charge in [-0.2, -0.15) is 18.2 Å². The van der Waals surface area contributed by atoms with Crippen LogP contribution in [0.1, 0.15) is 10.4 Å². The molecular weight excluding hydrogens is 597 g/mol. The molecule has 13 heteroatoms. The molecule has 212 valence electrons. The van der Waals surface area contributed by atoms with E-state index in [-0.39, 0.29) is 27.5 Å². The molecule has 2 heterocycles. The maximum Gasteiger partial charge on any atom is 0.454 e. The van der Waals surface area contributed by atoms with Crippen LogP contribution in [0.3, 0.4) is 0 Å². The highest BCUT2D eigenvalue weighted by atomic mass is 35.5. The third kappa shape index (κ3) is 6.67. The lowest BCUT2D eigenvalue weighted by molar-refractivity contribution is -0.0884. The normalized spacial score (nSPS) is 14.9. The summed E-state index contributed by atoms with van der Waals surface area (Å²) in [6, 6.07) is 20.6. The summed E-state index contributed by atoms with van der Waals surface area (Å²) in [7, 11) is -2.44. The summed E-state index contributed by atoms with van der Waals surface area (Å²) >= 11 is 12.1. The molecule has 1 saturated heterocycles. The monoisotopic (exact) mass is 619 g/mol. The molecule has 1 aliphatic rings. The number of nitrogens with one attached hydrogen (secondary N) is 2. The Hall–Kier alpha value is -3.59. The molecule has 3 aromatic carbocycles. The number of carbonyl (C=O) groups is 1. The molecule has 0 unspecified atom stereocenters. The molecule has 41 heavy (non-hydrogen) atoms. The van der Waals surface area contributed by atoms with E-state index in [1.54, 1.807) is 0 Å². The van der Waals surface area contributed by atoms with Gasteiger partial charge in [-0.15, -0.1) is 0 Å². The molecule has 0 radical (unpaired) electrons. The van der Waals surface area contributed by atoms with Crippen molar-refractivity contribution in [1.29, 1.82) is 0 Å². The Labute approximate surface area is 244 Å². The molecule has 7 nitrogen and oxygen atoms in total. The first-order chi connectivity index (χ1) is 19.5. The number of carbonyl (C=O) groups excluding carboxylic acids is 1. The Morgan fingerprint density at radius 1 is 0.927 bits per heavy atom. The van der Waals surface area contributed by atoms with E-state index in [0.717, 1.165) is 17.1 Å². The maximum absolute atomic E-state index is 13.5. The summed E-state index contributed by atoms with van der Waals surface area (Å²) in [5.74, 6) is -1.94. The highest BCUT2D eigenvalue weighted by Gasteiger charge is 2.40. The van der Waals surface area contributed by atoms with Crippen molar-refractivity contribution >= 4 is 70.3 Å². The van der Waals surface area contributed by atoms with Crippen molar-refractivity contribution in [2.75, 3.05) is 40.9 Å². The predicted molar refractivity (Wildman–Crippen MR) is 158 cm³/mol. The number of halogens is 5. The number of anilines is 5. The molecule has 4 aromatic rings. The summed E-state index contributed by atoms with van der Waals surface area (Å²) in [6.07, 6.45) is -2.65. The summed E-state index contributed by atoms with van der Waals surface area (Å²) in [6.45, 7) is 1.28. The van der Waals surface area contributed by atoms with E-state index >= 15 is 0 Å². The molecule has 0 aliphatic carbocycles. The lowest BCUT2D eigenvalue weighted by Crippen LogP contribution is -2.37. The number of alkyl halides is 3. The first-order valence-electron chi connectivity index (χ1n) is 12.5. The number of benzene rings is 3. The maximum atomic E-state index is 13.5. The van der Waals surface area contributed by atoms with E-state index in [4.69, 9.17) is 23.2 Å². The SMILES string of the molecule is O=C(c1cc(Cl)ccc1Nc1nc(Nc2cccc(N3CCP(=O)(c4ccccc4)CC3)c2)ncc1Cl)C(F)(F)F. The molecular formula is C28H23Cl2F3N5O2P. The van der Waals surface area contributed by atoms with Crippen molar-refractivity contribution in [2.45, 2.75) is 6.18 Å². The minimum absolute atomic E-state index is 0.00781. The van der Waals surface area contributed by atoms with Crippen molar-refractivity contribution in [3.05, 3.63) is 94.6 Å². The molecule has 0 spiro atoms. The molecule has 0 saturated carbocycles. The fourth-order valence-electron chi connectivity index (χ4n) is 4.52.